The van der Waals surface area contributed by atoms with Gasteiger partial charge in [-0.3, -0.25) is 4.90 Å². The first-order valence-corrected chi connectivity index (χ1v) is 7.00. The summed E-state index contributed by atoms with van der Waals surface area (Å²) in [6.45, 7) is 6.95. The van der Waals surface area contributed by atoms with Crippen LogP contribution in [-0.2, 0) is 13.0 Å². The summed E-state index contributed by atoms with van der Waals surface area (Å²) in [5, 5.41) is 4.05. The molecule has 0 spiro atoms. The summed E-state index contributed by atoms with van der Waals surface area (Å²) < 4.78 is 5.22. The Kier molecular flexibility index (Phi) is 6.75. The second-order valence-corrected chi connectivity index (χ2v) is 5.25. The molecule has 2 heterocycles. The number of rotatable bonds is 5. The van der Waals surface area contributed by atoms with Gasteiger partial charge in [-0.1, -0.05) is 19.0 Å². The van der Waals surface area contributed by atoms with Crippen molar-refractivity contribution >= 4 is 12.4 Å². The number of nitrogens with zero attached hydrogens (tertiary/aromatic N) is 3. The number of aryl methyl sites for hydroxylation is 1. The number of halogens is 1. The molecule has 1 fully saturated rings. The molecule has 6 heteroatoms. The first-order valence-electron chi connectivity index (χ1n) is 7.00. The van der Waals surface area contributed by atoms with Crippen molar-refractivity contribution in [1.82, 2.24) is 15.0 Å². The summed E-state index contributed by atoms with van der Waals surface area (Å²) in [6.07, 6.45) is 4.40. The second kappa shape index (κ2) is 7.82. The topological polar surface area (TPSA) is 68.2 Å². The highest BCUT2D eigenvalue weighted by Gasteiger charge is 2.28. The minimum absolute atomic E-state index is 0. The fraction of sp³-hybridized carbons (Fsp3) is 0.846. The second-order valence-electron chi connectivity index (χ2n) is 5.25. The highest BCUT2D eigenvalue weighted by molar-refractivity contribution is 5.85. The van der Waals surface area contributed by atoms with Gasteiger partial charge in [-0.25, -0.2) is 0 Å². The Morgan fingerprint density at radius 3 is 2.95 bits per heavy atom. The van der Waals surface area contributed by atoms with Gasteiger partial charge < -0.3 is 10.3 Å². The maximum absolute atomic E-state index is 5.88. The van der Waals surface area contributed by atoms with Gasteiger partial charge in [-0.2, -0.15) is 4.98 Å². The molecule has 19 heavy (non-hydrogen) atoms. The molecule has 5 nitrogen and oxygen atoms in total. The van der Waals surface area contributed by atoms with Crippen molar-refractivity contribution in [3.8, 4) is 0 Å². The fourth-order valence-corrected chi connectivity index (χ4v) is 2.76. The molecule has 1 saturated heterocycles. The molecule has 2 unspecified atom stereocenters. The Morgan fingerprint density at radius 2 is 2.26 bits per heavy atom. The van der Waals surface area contributed by atoms with E-state index in [-0.39, 0.29) is 12.4 Å². The number of likely N-dealkylation sites (tertiary alicyclic amines) is 1. The molecule has 0 radical (unpaired) electrons. The molecule has 0 saturated carbocycles. The van der Waals surface area contributed by atoms with Gasteiger partial charge in [0.05, 0.1) is 6.54 Å². The van der Waals surface area contributed by atoms with E-state index in [1.165, 1.54) is 12.8 Å². The first-order chi connectivity index (χ1) is 8.74. The van der Waals surface area contributed by atoms with E-state index in [9.17, 15) is 0 Å². The molecular formula is C13H25ClN4O. The molecule has 0 aliphatic carbocycles. The predicted octanol–water partition coefficient (Wildman–Crippen LogP) is 2.00. The van der Waals surface area contributed by atoms with Gasteiger partial charge in [-0.05, 0) is 31.7 Å². The summed E-state index contributed by atoms with van der Waals surface area (Å²) in [6, 6.07) is 0.451. The molecule has 1 aliphatic rings. The molecule has 2 atom stereocenters. The highest BCUT2D eigenvalue weighted by atomic mass is 35.5. The third kappa shape index (κ3) is 4.16. The van der Waals surface area contributed by atoms with Crippen LogP contribution in [-0.4, -0.2) is 34.2 Å². The molecule has 2 N–H and O–H groups in total. The van der Waals surface area contributed by atoms with Crippen molar-refractivity contribution in [3.63, 3.8) is 0 Å². The van der Waals surface area contributed by atoms with Gasteiger partial charge >= 0.3 is 0 Å². The van der Waals surface area contributed by atoms with E-state index in [0.717, 1.165) is 37.6 Å². The Hall–Kier alpha value is -0.650. The maximum atomic E-state index is 5.88. The molecule has 0 bridgehead atoms. The van der Waals surface area contributed by atoms with Crippen molar-refractivity contribution in [2.24, 2.45) is 11.7 Å². The highest BCUT2D eigenvalue weighted by Crippen LogP contribution is 2.23. The monoisotopic (exact) mass is 288 g/mol. The number of hydrogen-bond donors (Lipinski definition) is 1. The minimum atomic E-state index is 0. The first kappa shape index (κ1) is 16.4. The van der Waals surface area contributed by atoms with Crippen molar-refractivity contribution in [3.05, 3.63) is 11.7 Å². The zero-order valence-electron chi connectivity index (χ0n) is 11.8. The molecule has 0 aromatic carbocycles. The lowest BCUT2D eigenvalue weighted by Crippen LogP contribution is -2.48. The van der Waals surface area contributed by atoms with Crippen LogP contribution < -0.4 is 5.73 Å². The Bertz CT molecular complexity index is 371. The molecule has 1 aromatic rings. The lowest BCUT2D eigenvalue weighted by molar-refractivity contribution is 0.0955. The molecule has 0 amide bonds. The summed E-state index contributed by atoms with van der Waals surface area (Å²) in [5.74, 6) is 2.21. The third-order valence-corrected chi connectivity index (χ3v) is 3.79. The van der Waals surface area contributed by atoms with Crippen LogP contribution in [0.15, 0.2) is 4.52 Å². The standard InChI is InChI=1S/C13H24N4O.ClH/c1-3-5-13-15-12(16-18-13)9-17-7-4-6-10(2)11(17)8-14;/h10-11H,3-9,14H2,1-2H3;1H. The Balaban J connectivity index is 0.00000180. The summed E-state index contributed by atoms with van der Waals surface area (Å²) in [5.41, 5.74) is 5.88. The SMILES string of the molecule is CCCc1nc(CN2CCCC(C)C2CN)no1.Cl. The number of piperidine rings is 1. The van der Waals surface area contributed by atoms with Gasteiger partial charge in [0.15, 0.2) is 5.82 Å². The normalized spacial score (nSPS) is 24.2. The van der Waals surface area contributed by atoms with Crippen molar-refractivity contribution in [1.29, 1.82) is 0 Å². The van der Waals surface area contributed by atoms with E-state index in [1.807, 2.05) is 0 Å². The molecule has 1 aliphatic heterocycles. The Labute approximate surface area is 121 Å². The van der Waals surface area contributed by atoms with Crippen LogP contribution in [0.5, 0.6) is 0 Å². The largest absolute Gasteiger partial charge is 0.339 e. The van der Waals surface area contributed by atoms with Crippen molar-refractivity contribution in [2.45, 2.75) is 52.1 Å². The number of hydrogen-bond acceptors (Lipinski definition) is 5. The fourth-order valence-electron chi connectivity index (χ4n) is 2.76. The lowest BCUT2D eigenvalue weighted by Gasteiger charge is -2.38. The smallest absolute Gasteiger partial charge is 0.226 e. The van der Waals surface area contributed by atoms with Crippen LogP contribution in [0.4, 0.5) is 0 Å². The van der Waals surface area contributed by atoms with Crippen LogP contribution in [0.1, 0.15) is 44.8 Å². The van der Waals surface area contributed by atoms with E-state index in [2.05, 4.69) is 28.9 Å². The quantitative estimate of drug-likeness (QED) is 0.897. The lowest BCUT2D eigenvalue weighted by atomic mass is 9.91. The zero-order chi connectivity index (χ0) is 13.0. The molecule has 2 rings (SSSR count). The summed E-state index contributed by atoms with van der Waals surface area (Å²) >= 11 is 0. The van der Waals surface area contributed by atoms with E-state index >= 15 is 0 Å². The van der Waals surface area contributed by atoms with Gasteiger partial charge in [-0.15, -0.1) is 12.4 Å². The van der Waals surface area contributed by atoms with Crippen LogP contribution in [0.2, 0.25) is 0 Å². The van der Waals surface area contributed by atoms with Crippen molar-refractivity contribution < 1.29 is 4.52 Å². The van der Waals surface area contributed by atoms with E-state index in [1.54, 1.807) is 0 Å². The predicted molar refractivity (Wildman–Crippen MR) is 77.2 cm³/mol. The van der Waals surface area contributed by atoms with E-state index in [0.29, 0.717) is 18.5 Å². The van der Waals surface area contributed by atoms with Crippen LogP contribution >= 0.6 is 12.4 Å². The van der Waals surface area contributed by atoms with E-state index in [4.69, 9.17) is 10.3 Å². The van der Waals surface area contributed by atoms with Gasteiger partial charge in [0.2, 0.25) is 5.89 Å². The third-order valence-electron chi connectivity index (χ3n) is 3.79. The average Bonchev–Trinajstić information content (AvgIpc) is 2.77. The van der Waals surface area contributed by atoms with Crippen LogP contribution in [0, 0.1) is 5.92 Å². The molecule has 1 aromatic heterocycles. The van der Waals surface area contributed by atoms with Gasteiger partial charge in [0.1, 0.15) is 0 Å². The van der Waals surface area contributed by atoms with Crippen LogP contribution in [0.3, 0.4) is 0 Å². The van der Waals surface area contributed by atoms with E-state index < -0.39 is 0 Å². The van der Waals surface area contributed by atoms with Gasteiger partial charge in [0.25, 0.3) is 0 Å². The number of aromatic nitrogens is 2. The van der Waals surface area contributed by atoms with Crippen LogP contribution in [0.25, 0.3) is 0 Å². The number of nitrogens with two attached hydrogens (primary N) is 1. The minimum Gasteiger partial charge on any atom is -0.339 e. The Morgan fingerprint density at radius 1 is 1.47 bits per heavy atom. The summed E-state index contributed by atoms with van der Waals surface area (Å²) in [7, 11) is 0. The average molecular weight is 289 g/mol. The summed E-state index contributed by atoms with van der Waals surface area (Å²) in [4.78, 5) is 6.83. The van der Waals surface area contributed by atoms with Crippen molar-refractivity contribution in [2.75, 3.05) is 13.1 Å². The maximum Gasteiger partial charge on any atom is 0.226 e. The zero-order valence-corrected chi connectivity index (χ0v) is 12.7. The van der Waals surface area contributed by atoms with Gasteiger partial charge in [0, 0.05) is 19.0 Å². The molecular weight excluding hydrogens is 264 g/mol. The molecule has 110 valence electrons.